The van der Waals surface area contributed by atoms with Gasteiger partial charge in [-0.2, -0.15) is 0 Å². The van der Waals surface area contributed by atoms with E-state index in [-0.39, 0.29) is 5.75 Å². The second-order valence-electron chi connectivity index (χ2n) is 4.29. The fourth-order valence-corrected chi connectivity index (χ4v) is 3.55. The lowest BCUT2D eigenvalue weighted by atomic mass is 10.0. The Morgan fingerprint density at radius 2 is 1.87 bits per heavy atom. The molecular formula is C10H20ClNO2S. The van der Waals surface area contributed by atoms with Gasteiger partial charge in [-0.25, -0.2) is 12.7 Å². The van der Waals surface area contributed by atoms with Gasteiger partial charge in [-0.05, 0) is 31.6 Å². The summed E-state index contributed by atoms with van der Waals surface area (Å²) in [5.74, 6) is 1.47. The molecule has 90 valence electrons. The smallest absolute Gasteiger partial charge is 0.212 e. The zero-order valence-corrected chi connectivity index (χ0v) is 10.9. The van der Waals surface area contributed by atoms with Crippen molar-refractivity contribution >= 4 is 21.6 Å². The van der Waals surface area contributed by atoms with Crippen molar-refractivity contribution in [2.75, 3.05) is 24.7 Å². The van der Waals surface area contributed by atoms with E-state index in [9.17, 15) is 8.42 Å². The third kappa shape index (κ3) is 4.29. The van der Waals surface area contributed by atoms with Crippen LogP contribution in [0.25, 0.3) is 0 Å². The number of nitrogens with zero attached hydrogens (tertiary/aromatic N) is 1. The highest BCUT2D eigenvalue weighted by Gasteiger charge is 2.25. The van der Waals surface area contributed by atoms with Gasteiger partial charge in [0.15, 0.2) is 0 Å². The van der Waals surface area contributed by atoms with E-state index in [1.54, 1.807) is 4.31 Å². The standard InChI is InChI=1S/C10H20ClNO2S/c1-10-4-7-12(8-5-10)15(13,14)9-3-2-6-11/h10H,2-9H2,1H3. The fraction of sp³-hybridized carbons (Fsp3) is 1.00. The van der Waals surface area contributed by atoms with Crippen LogP contribution < -0.4 is 0 Å². The minimum Gasteiger partial charge on any atom is -0.212 e. The van der Waals surface area contributed by atoms with E-state index < -0.39 is 10.0 Å². The van der Waals surface area contributed by atoms with Gasteiger partial charge in [0, 0.05) is 19.0 Å². The molecular weight excluding hydrogens is 234 g/mol. The minimum atomic E-state index is -3.00. The van der Waals surface area contributed by atoms with E-state index in [4.69, 9.17) is 11.6 Å². The third-order valence-electron chi connectivity index (χ3n) is 2.92. The molecule has 0 radical (unpaired) electrons. The highest BCUT2D eigenvalue weighted by molar-refractivity contribution is 7.89. The van der Waals surface area contributed by atoms with Crippen LogP contribution in [0.5, 0.6) is 0 Å². The Labute approximate surface area is 97.8 Å². The van der Waals surface area contributed by atoms with E-state index in [1.165, 1.54) is 0 Å². The van der Waals surface area contributed by atoms with Gasteiger partial charge in [0.25, 0.3) is 0 Å². The Morgan fingerprint density at radius 1 is 1.27 bits per heavy atom. The average molecular weight is 254 g/mol. The van der Waals surface area contributed by atoms with Crippen LogP contribution in [0, 0.1) is 5.92 Å². The molecule has 1 saturated heterocycles. The number of alkyl halides is 1. The van der Waals surface area contributed by atoms with Crippen LogP contribution in [0.15, 0.2) is 0 Å². The monoisotopic (exact) mass is 253 g/mol. The zero-order chi connectivity index (χ0) is 11.3. The zero-order valence-electron chi connectivity index (χ0n) is 9.28. The molecule has 0 unspecified atom stereocenters. The van der Waals surface area contributed by atoms with Crippen molar-refractivity contribution < 1.29 is 8.42 Å². The summed E-state index contributed by atoms with van der Waals surface area (Å²) in [6, 6.07) is 0. The number of unbranched alkanes of at least 4 members (excludes halogenated alkanes) is 1. The van der Waals surface area contributed by atoms with Crippen molar-refractivity contribution in [3.8, 4) is 0 Å². The Morgan fingerprint density at radius 3 is 2.40 bits per heavy atom. The van der Waals surface area contributed by atoms with Gasteiger partial charge in [0.05, 0.1) is 5.75 Å². The van der Waals surface area contributed by atoms with E-state index in [0.29, 0.717) is 31.3 Å². The molecule has 0 aliphatic carbocycles. The molecule has 0 aromatic rings. The molecule has 0 aromatic carbocycles. The predicted molar refractivity (Wildman–Crippen MR) is 63.7 cm³/mol. The van der Waals surface area contributed by atoms with E-state index in [2.05, 4.69) is 6.92 Å². The van der Waals surface area contributed by atoms with E-state index in [1.807, 2.05) is 0 Å². The van der Waals surface area contributed by atoms with Crippen LogP contribution in [-0.2, 0) is 10.0 Å². The number of halogens is 1. The SMILES string of the molecule is CC1CCN(S(=O)(=O)CCCCCl)CC1. The summed E-state index contributed by atoms with van der Waals surface area (Å²) < 4.78 is 25.3. The lowest BCUT2D eigenvalue weighted by molar-refractivity contribution is 0.288. The highest BCUT2D eigenvalue weighted by atomic mass is 35.5. The second kappa shape index (κ2) is 6.06. The van der Waals surface area contributed by atoms with Crippen molar-refractivity contribution in [1.82, 2.24) is 4.31 Å². The minimum absolute atomic E-state index is 0.258. The first kappa shape index (κ1) is 13.3. The van der Waals surface area contributed by atoms with Gasteiger partial charge < -0.3 is 0 Å². The first-order chi connectivity index (χ1) is 7.06. The fourth-order valence-electron chi connectivity index (χ4n) is 1.77. The number of rotatable bonds is 5. The molecule has 0 N–H and O–H groups in total. The molecule has 0 atom stereocenters. The number of sulfonamides is 1. The van der Waals surface area contributed by atoms with Crippen molar-refractivity contribution in [2.24, 2.45) is 5.92 Å². The van der Waals surface area contributed by atoms with E-state index >= 15 is 0 Å². The predicted octanol–water partition coefficient (Wildman–Crippen LogP) is 2.07. The lowest BCUT2D eigenvalue weighted by Crippen LogP contribution is -2.39. The molecule has 3 nitrogen and oxygen atoms in total. The summed E-state index contributed by atoms with van der Waals surface area (Å²) in [4.78, 5) is 0. The Balaban J connectivity index is 2.40. The quantitative estimate of drug-likeness (QED) is 0.556. The van der Waals surface area contributed by atoms with Crippen LogP contribution in [0.3, 0.4) is 0 Å². The largest absolute Gasteiger partial charge is 0.214 e. The summed E-state index contributed by atoms with van der Waals surface area (Å²) in [7, 11) is -3.00. The molecule has 0 aromatic heterocycles. The topological polar surface area (TPSA) is 37.4 Å². The first-order valence-corrected chi connectivity index (χ1v) is 7.74. The molecule has 15 heavy (non-hydrogen) atoms. The highest BCUT2D eigenvalue weighted by Crippen LogP contribution is 2.19. The summed E-state index contributed by atoms with van der Waals surface area (Å²) in [5.41, 5.74) is 0. The van der Waals surface area contributed by atoms with Crippen molar-refractivity contribution in [2.45, 2.75) is 32.6 Å². The first-order valence-electron chi connectivity index (χ1n) is 5.60. The molecule has 0 bridgehead atoms. The number of piperidine rings is 1. The van der Waals surface area contributed by atoms with Gasteiger partial charge in [-0.1, -0.05) is 6.92 Å². The van der Waals surface area contributed by atoms with Gasteiger partial charge in [0.1, 0.15) is 0 Å². The van der Waals surface area contributed by atoms with Crippen molar-refractivity contribution in [1.29, 1.82) is 0 Å². The van der Waals surface area contributed by atoms with Crippen LogP contribution in [0.4, 0.5) is 0 Å². The Kier molecular flexibility index (Phi) is 5.36. The number of hydrogen-bond acceptors (Lipinski definition) is 2. The molecule has 0 amide bonds. The molecule has 5 heteroatoms. The normalized spacial score (nSPS) is 20.7. The Bertz CT molecular complexity index is 271. The van der Waals surface area contributed by atoms with Crippen molar-refractivity contribution in [3.63, 3.8) is 0 Å². The second-order valence-corrected chi connectivity index (χ2v) is 6.76. The Hall–Kier alpha value is 0.200. The molecule has 1 fully saturated rings. The third-order valence-corrected chi connectivity index (χ3v) is 5.15. The molecule has 1 rings (SSSR count). The summed E-state index contributed by atoms with van der Waals surface area (Å²) in [6.07, 6.45) is 3.45. The maximum absolute atomic E-state index is 11.8. The maximum Gasteiger partial charge on any atom is 0.214 e. The molecule has 1 heterocycles. The van der Waals surface area contributed by atoms with E-state index in [0.717, 1.165) is 19.3 Å². The van der Waals surface area contributed by atoms with Crippen LogP contribution in [-0.4, -0.2) is 37.4 Å². The van der Waals surface area contributed by atoms with Crippen molar-refractivity contribution in [3.05, 3.63) is 0 Å². The molecule has 0 saturated carbocycles. The lowest BCUT2D eigenvalue weighted by Gasteiger charge is -2.29. The van der Waals surface area contributed by atoms with Gasteiger partial charge in [-0.15, -0.1) is 11.6 Å². The average Bonchev–Trinajstić information content (AvgIpc) is 2.18. The van der Waals surface area contributed by atoms with Gasteiger partial charge in [0.2, 0.25) is 10.0 Å². The summed E-state index contributed by atoms with van der Waals surface area (Å²) in [5, 5.41) is 0. The van der Waals surface area contributed by atoms with Gasteiger partial charge >= 0.3 is 0 Å². The van der Waals surface area contributed by atoms with Crippen LogP contribution >= 0.6 is 11.6 Å². The number of hydrogen-bond donors (Lipinski definition) is 0. The maximum atomic E-state index is 11.8. The van der Waals surface area contributed by atoms with Gasteiger partial charge in [-0.3, -0.25) is 0 Å². The van der Waals surface area contributed by atoms with Crippen LogP contribution in [0.1, 0.15) is 32.6 Å². The summed E-state index contributed by atoms with van der Waals surface area (Å²) >= 11 is 5.53. The molecule has 0 spiro atoms. The summed E-state index contributed by atoms with van der Waals surface area (Å²) in [6.45, 7) is 3.58. The molecule has 1 aliphatic rings. The molecule has 1 aliphatic heterocycles. The van der Waals surface area contributed by atoms with Crippen LogP contribution in [0.2, 0.25) is 0 Å².